The number of nitrogens with zero attached hydrogens (tertiary/aromatic N) is 2. The Bertz CT molecular complexity index is 584. The first-order chi connectivity index (χ1) is 9.56. The molecule has 20 heavy (non-hydrogen) atoms. The Labute approximate surface area is 132 Å². The predicted molar refractivity (Wildman–Crippen MR) is 80.0 cm³/mol. The third-order valence-corrected chi connectivity index (χ3v) is 4.18. The summed E-state index contributed by atoms with van der Waals surface area (Å²) in [5.41, 5.74) is 0.681. The van der Waals surface area contributed by atoms with Gasteiger partial charge in [0.25, 0.3) is 0 Å². The first-order valence-electron chi connectivity index (χ1n) is 5.88. The molecule has 0 saturated heterocycles. The molecule has 0 saturated carbocycles. The van der Waals surface area contributed by atoms with Gasteiger partial charge in [0.15, 0.2) is 0 Å². The fourth-order valence-corrected chi connectivity index (χ4v) is 2.98. The molecule has 1 unspecified atom stereocenters. The van der Waals surface area contributed by atoms with Crippen molar-refractivity contribution in [1.82, 2.24) is 9.78 Å². The van der Waals surface area contributed by atoms with E-state index in [9.17, 15) is 9.50 Å². The number of aromatic nitrogens is 2. The highest BCUT2D eigenvalue weighted by Crippen LogP contribution is 2.34. The number of benzene rings is 1. The van der Waals surface area contributed by atoms with Gasteiger partial charge in [0.05, 0.1) is 29.5 Å². The molecule has 1 atom stereocenters. The second kappa shape index (κ2) is 6.80. The third kappa shape index (κ3) is 3.11. The van der Waals surface area contributed by atoms with Crippen molar-refractivity contribution in [1.29, 1.82) is 0 Å². The Hall–Kier alpha value is -0.760. The fourth-order valence-electron chi connectivity index (χ4n) is 1.91. The average molecular weight is 408 g/mol. The van der Waals surface area contributed by atoms with Crippen molar-refractivity contribution in [2.45, 2.75) is 12.6 Å². The van der Waals surface area contributed by atoms with Gasteiger partial charge in [-0.1, -0.05) is 22.0 Å². The molecule has 2 rings (SSSR count). The molecule has 2 aromatic rings. The number of methoxy groups -OCH3 is 1. The molecular formula is C13H13Br2FN2O2. The summed E-state index contributed by atoms with van der Waals surface area (Å²) in [4.78, 5) is 0. The summed E-state index contributed by atoms with van der Waals surface area (Å²) in [6.07, 6.45) is 0.447. The highest BCUT2D eigenvalue weighted by molar-refractivity contribution is 9.10. The summed E-state index contributed by atoms with van der Waals surface area (Å²) in [6.45, 7) is 0.923. The van der Waals surface area contributed by atoms with Crippen LogP contribution in [0.3, 0.4) is 0 Å². The van der Waals surface area contributed by atoms with E-state index in [2.05, 4.69) is 37.0 Å². The van der Waals surface area contributed by atoms with Gasteiger partial charge in [-0.2, -0.15) is 5.10 Å². The molecule has 0 amide bonds. The molecule has 0 fully saturated rings. The van der Waals surface area contributed by atoms with Crippen molar-refractivity contribution < 1.29 is 14.2 Å². The molecule has 0 aliphatic rings. The lowest BCUT2D eigenvalue weighted by Crippen LogP contribution is -2.14. The maximum atomic E-state index is 13.9. The molecule has 1 aromatic heterocycles. The average Bonchev–Trinajstić information content (AvgIpc) is 2.77. The van der Waals surface area contributed by atoms with E-state index in [-0.39, 0.29) is 5.56 Å². The maximum absolute atomic E-state index is 13.9. The molecule has 0 radical (unpaired) electrons. The second-order valence-electron chi connectivity index (χ2n) is 4.13. The van der Waals surface area contributed by atoms with Crippen LogP contribution in [0.1, 0.15) is 17.4 Å². The first-order valence-corrected chi connectivity index (χ1v) is 7.47. The van der Waals surface area contributed by atoms with Crippen LogP contribution in [-0.4, -0.2) is 28.6 Å². The Kier molecular flexibility index (Phi) is 5.31. The number of hydrogen-bond donors (Lipinski definition) is 1. The minimum absolute atomic E-state index is 0.187. The Morgan fingerprint density at radius 1 is 1.40 bits per heavy atom. The van der Waals surface area contributed by atoms with Gasteiger partial charge in [0, 0.05) is 17.1 Å². The first kappa shape index (κ1) is 15.6. The molecule has 0 spiro atoms. The largest absolute Gasteiger partial charge is 0.383 e. The summed E-state index contributed by atoms with van der Waals surface area (Å²) in [5, 5.41) is 14.7. The molecule has 0 aliphatic carbocycles. The molecule has 7 heteroatoms. The van der Waals surface area contributed by atoms with Crippen molar-refractivity contribution in [2.24, 2.45) is 0 Å². The molecular weight excluding hydrogens is 395 g/mol. The summed E-state index contributed by atoms with van der Waals surface area (Å²) in [5.74, 6) is -0.474. The van der Waals surface area contributed by atoms with Crippen LogP contribution in [0.5, 0.6) is 0 Å². The highest BCUT2D eigenvalue weighted by Gasteiger charge is 2.24. The third-order valence-electron chi connectivity index (χ3n) is 2.87. The second-order valence-corrected chi connectivity index (χ2v) is 5.84. The quantitative estimate of drug-likeness (QED) is 0.827. The van der Waals surface area contributed by atoms with E-state index in [0.29, 0.717) is 27.8 Å². The Morgan fingerprint density at radius 2 is 2.15 bits per heavy atom. The SMILES string of the molecule is COCCn1ncc(Br)c1C(O)c1c(F)cccc1Br. The van der Waals surface area contributed by atoms with Gasteiger partial charge < -0.3 is 9.84 Å². The zero-order valence-corrected chi connectivity index (χ0v) is 13.9. The zero-order chi connectivity index (χ0) is 14.7. The summed E-state index contributed by atoms with van der Waals surface area (Å²) in [6, 6.07) is 4.57. The zero-order valence-electron chi connectivity index (χ0n) is 10.7. The van der Waals surface area contributed by atoms with Crippen LogP contribution >= 0.6 is 31.9 Å². The standard InChI is InChI=1S/C13H13Br2FN2O2/c1-20-6-5-18-12(9(15)7-17-18)13(19)11-8(14)3-2-4-10(11)16/h2-4,7,13,19H,5-6H2,1H3. The van der Waals surface area contributed by atoms with E-state index in [1.165, 1.54) is 6.07 Å². The monoisotopic (exact) mass is 406 g/mol. The molecule has 4 nitrogen and oxygen atoms in total. The molecule has 108 valence electrons. The topological polar surface area (TPSA) is 47.3 Å². The van der Waals surface area contributed by atoms with Crippen molar-refractivity contribution in [2.75, 3.05) is 13.7 Å². The van der Waals surface area contributed by atoms with Crippen LogP contribution in [0, 0.1) is 5.82 Å². The number of aliphatic hydroxyl groups is 1. The van der Waals surface area contributed by atoms with E-state index < -0.39 is 11.9 Å². The number of ether oxygens (including phenoxy) is 1. The van der Waals surface area contributed by atoms with Crippen LogP contribution in [0.25, 0.3) is 0 Å². The van der Waals surface area contributed by atoms with Crippen molar-refractivity contribution in [3.63, 3.8) is 0 Å². The molecule has 1 N–H and O–H groups in total. The number of hydrogen-bond acceptors (Lipinski definition) is 3. The number of halogens is 3. The minimum atomic E-state index is -1.13. The summed E-state index contributed by atoms with van der Waals surface area (Å²) in [7, 11) is 1.59. The van der Waals surface area contributed by atoms with E-state index in [1.807, 2.05) is 0 Å². The number of aliphatic hydroxyl groups excluding tert-OH is 1. The lowest BCUT2D eigenvalue weighted by Gasteiger charge is -2.16. The molecule has 0 aliphatic heterocycles. The molecule has 0 bridgehead atoms. The van der Waals surface area contributed by atoms with Gasteiger partial charge in [0.2, 0.25) is 0 Å². The van der Waals surface area contributed by atoms with Crippen molar-refractivity contribution in [3.8, 4) is 0 Å². The Morgan fingerprint density at radius 3 is 2.80 bits per heavy atom. The van der Waals surface area contributed by atoms with Crippen LogP contribution < -0.4 is 0 Å². The van der Waals surface area contributed by atoms with Gasteiger partial charge in [-0.25, -0.2) is 4.39 Å². The van der Waals surface area contributed by atoms with Gasteiger partial charge in [0.1, 0.15) is 11.9 Å². The van der Waals surface area contributed by atoms with Crippen LogP contribution in [0.2, 0.25) is 0 Å². The molecule has 1 heterocycles. The van der Waals surface area contributed by atoms with E-state index in [1.54, 1.807) is 30.1 Å². The van der Waals surface area contributed by atoms with Gasteiger partial charge in [-0.3, -0.25) is 4.68 Å². The van der Waals surface area contributed by atoms with E-state index in [0.717, 1.165) is 0 Å². The summed E-state index contributed by atoms with van der Waals surface area (Å²) < 4.78 is 21.7. The van der Waals surface area contributed by atoms with E-state index in [4.69, 9.17) is 4.74 Å². The van der Waals surface area contributed by atoms with Crippen LogP contribution in [0.15, 0.2) is 33.3 Å². The molecule has 1 aromatic carbocycles. The Balaban J connectivity index is 2.43. The van der Waals surface area contributed by atoms with Crippen LogP contribution in [0.4, 0.5) is 4.39 Å². The summed E-state index contributed by atoms with van der Waals surface area (Å²) >= 11 is 6.60. The van der Waals surface area contributed by atoms with Crippen molar-refractivity contribution >= 4 is 31.9 Å². The lowest BCUT2D eigenvalue weighted by molar-refractivity contribution is 0.169. The van der Waals surface area contributed by atoms with E-state index >= 15 is 0 Å². The number of rotatable bonds is 5. The maximum Gasteiger partial charge on any atom is 0.130 e. The smallest absolute Gasteiger partial charge is 0.130 e. The normalized spacial score (nSPS) is 12.7. The van der Waals surface area contributed by atoms with Crippen molar-refractivity contribution in [3.05, 3.63) is 50.4 Å². The highest BCUT2D eigenvalue weighted by atomic mass is 79.9. The predicted octanol–water partition coefficient (Wildman–Crippen LogP) is 3.28. The van der Waals surface area contributed by atoms with Gasteiger partial charge in [-0.05, 0) is 28.1 Å². The lowest BCUT2D eigenvalue weighted by atomic mass is 10.1. The van der Waals surface area contributed by atoms with Gasteiger partial charge >= 0.3 is 0 Å². The minimum Gasteiger partial charge on any atom is -0.383 e. The van der Waals surface area contributed by atoms with Gasteiger partial charge in [-0.15, -0.1) is 0 Å². The van der Waals surface area contributed by atoms with Crippen LogP contribution in [-0.2, 0) is 11.3 Å². The fraction of sp³-hybridized carbons (Fsp3) is 0.308.